The molecule has 4 rings (SSSR count). The Kier molecular flexibility index (Phi) is 3.92. The molecule has 0 saturated carbocycles. The molecule has 8 heteroatoms. The van der Waals surface area contributed by atoms with E-state index in [0.717, 1.165) is 5.56 Å². The van der Waals surface area contributed by atoms with E-state index in [-0.39, 0.29) is 12.3 Å². The first kappa shape index (κ1) is 15.9. The molecule has 130 valence electrons. The Morgan fingerprint density at radius 2 is 2.00 bits per heavy atom. The number of benzene rings is 2. The second kappa shape index (κ2) is 6.40. The Morgan fingerprint density at radius 3 is 2.77 bits per heavy atom. The third-order valence-electron chi connectivity index (χ3n) is 3.98. The third-order valence-corrected chi connectivity index (χ3v) is 3.98. The predicted molar refractivity (Wildman–Crippen MR) is 92.8 cm³/mol. The van der Waals surface area contributed by atoms with Crippen LogP contribution in [0.2, 0.25) is 0 Å². The van der Waals surface area contributed by atoms with E-state index in [4.69, 9.17) is 0 Å². The topological polar surface area (TPSA) is 88.9 Å². The van der Waals surface area contributed by atoms with Gasteiger partial charge in [0.15, 0.2) is 5.82 Å². The molecule has 0 radical (unpaired) electrons. The van der Waals surface area contributed by atoms with Crippen molar-refractivity contribution in [2.45, 2.75) is 12.5 Å². The van der Waals surface area contributed by atoms with Gasteiger partial charge >= 0.3 is 0 Å². The van der Waals surface area contributed by atoms with Crippen molar-refractivity contribution in [1.29, 1.82) is 0 Å². The summed E-state index contributed by atoms with van der Waals surface area (Å²) in [6.45, 7) is 0. The van der Waals surface area contributed by atoms with E-state index in [2.05, 4.69) is 20.7 Å². The summed E-state index contributed by atoms with van der Waals surface area (Å²) < 4.78 is 14.6. The predicted octanol–water partition coefficient (Wildman–Crippen LogP) is 2.61. The van der Waals surface area contributed by atoms with Crippen LogP contribution in [0.3, 0.4) is 0 Å². The van der Waals surface area contributed by atoms with Gasteiger partial charge in [-0.2, -0.15) is 4.98 Å². The number of nitrogens with zero attached hydrogens (tertiary/aromatic N) is 3. The van der Waals surface area contributed by atoms with Crippen LogP contribution >= 0.6 is 0 Å². The standard InChI is InChI=1S/C18H14FN5O2/c19-12-7-4-8-13(9-12)20-15(25)10-14-17(26)22-18-21-16(23-24(14)18)11-5-2-1-3-6-11/h1-9,14H,10H2,(H,20,25)(H,21,22,23,26). The minimum Gasteiger partial charge on any atom is -0.326 e. The first-order chi connectivity index (χ1) is 12.6. The van der Waals surface area contributed by atoms with E-state index in [9.17, 15) is 14.0 Å². The lowest BCUT2D eigenvalue weighted by Crippen LogP contribution is -2.23. The van der Waals surface area contributed by atoms with Crippen molar-refractivity contribution in [3.8, 4) is 11.4 Å². The molecule has 1 aromatic heterocycles. The Bertz CT molecular complexity index is 986. The molecule has 2 heterocycles. The third kappa shape index (κ3) is 3.04. The van der Waals surface area contributed by atoms with Crippen molar-refractivity contribution in [3.05, 3.63) is 60.4 Å². The number of fused-ring (bicyclic) bond motifs is 1. The monoisotopic (exact) mass is 351 g/mol. The molecular formula is C18H14FN5O2. The zero-order valence-corrected chi connectivity index (χ0v) is 13.5. The molecular weight excluding hydrogens is 337 g/mol. The summed E-state index contributed by atoms with van der Waals surface area (Å²) in [5.41, 5.74) is 1.14. The van der Waals surface area contributed by atoms with Crippen LogP contribution in [0.25, 0.3) is 11.4 Å². The number of carbonyl (C=O) groups excluding carboxylic acids is 2. The van der Waals surface area contributed by atoms with Crippen LogP contribution in [0.4, 0.5) is 16.0 Å². The Hall–Kier alpha value is -3.55. The fourth-order valence-corrected chi connectivity index (χ4v) is 2.77. The number of carbonyl (C=O) groups is 2. The highest BCUT2D eigenvalue weighted by Gasteiger charge is 2.35. The van der Waals surface area contributed by atoms with E-state index in [1.807, 2.05) is 30.3 Å². The zero-order valence-electron chi connectivity index (χ0n) is 13.5. The lowest BCUT2D eigenvalue weighted by molar-refractivity contribution is -0.123. The Balaban J connectivity index is 1.52. The van der Waals surface area contributed by atoms with Gasteiger partial charge in [-0.25, -0.2) is 9.07 Å². The van der Waals surface area contributed by atoms with Gasteiger partial charge in [-0.1, -0.05) is 36.4 Å². The molecule has 1 unspecified atom stereocenters. The SMILES string of the molecule is O=C(CC1C(=O)Nc2nc(-c3ccccc3)nn21)Nc1cccc(F)c1. The second-order valence-electron chi connectivity index (χ2n) is 5.84. The fraction of sp³-hybridized carbons (Fsp3) is 0.111. The van der Waals surface area contributed by atoms with Crippen LogP contribution in [0, 0.1) is 5.82 Å². The Labute approximate surface area is 147 Å². The summed E-state index contributed by atoms with van der Waals surface area (Å²) in [6.07, 6.45) is -0.132. The summed E-state index contributed by atoms with van der Waals surface area (Å²) in [4.78, 5) is 28.7. The lowest BCUT2D eigenvalue weighted by Gasteiger charge is -2.10. The van der Waals surface area contributed by atoms with Gasteiger partial charge in [-0.3, -0.25) is 14.9 Å². The van der Waals surface area contributed by atoms with E-state index < -0.39 is 17.8 Å². The normalized spacial score (nSPS) is 15.4. The number of nitrogens with one attached hydrogen (secondary N) is 2. The van der Waals surface area contributed by atoms with Gasteiger partial charge in [0, 0.05) is 11.3 Å². The molecule has 3 aromatic rings. The molecule has 1 aliphatic heterocycles. The highest BCUT2D eigenvalue weighted by atomic mass is 19.1. The van der Waals surface area contributed by atoms with E-state index in [1.54, 1.807) is 6.07 Å². The van der Waals surface area contributed by atoms with Crippen LogP contribution in [-0.4, -0.2) is 26.6 Å². The molecule has 0 fully saturated rings. The van der Waals surface area contributed by atoms with E-state index >= 15 is 0 Å². The largest absolute Gasteiger partial charge is 0.326 e. The summed E-state index contributed by atoms with van der Waals surface area (Å²) in [5.74, 6) is -0.449. The number of hydrogen-bond donors (Lipinski definition) is 2. The van der Waals surface area contributed by atoms with E-state index in [0.29, 0.717) is 17.5 Å². The number of amides is 2. The molecule has 0 aliphatic carbocycles. The lowest BCUT2D eigenvalue weighted by atomic mass is 10.2. The smallest absolute Gasteiger partial charge is 0.252 e. The first-order valence-corrected chi connectivity index (χ1v) is 7.98. The molecule has 26 heavy (non-hydrogen) atoms. The highest BCUT2D eigenvalue weighted by molar-refractivity contribution is 6.01. The zero-order chi connectivity index (χ0) is 18.1. The number of rotatable bonds is 4. The number of hydrogen-bond acceptors (Lipinski definition) is 4. The van der Waals surface area contributed by atoms with Gasteiger partial charge in [0.1, 0.15) is 11.9 Å². The molecule has 1 aliphatic rings. The summed E-state index contributed by atoms with van der Waals surface area (Å²) in [5, 5.41) is 9.55. The minimum atomic E-state index is -0.802. The van der Waals surface area contributed by atoms with Crippen molar-refractivity contribution >= 4 is 23.5 Å². The summed E-state index contributed by atoms with van der Waals surface area (Å²) in [7, 11) is 0. The molecule has 0 bridgehead atoms. The number of anilines is 2. The van der Waals surface area contributed by atoms with Crippen LogP contribution < -0.4 is 10.6 Å². The van der Waals surface area contributed by atoms with Crippen molar-refractivity contribution in [2.75, 3.05) is 10.6 Å². The summed E-state index contributed by atoms with van der Waals surface area (Å²) in [6, 6.07) is 14.1. The highest BCUT2D eigenvalue weighted by Crippen LogP contribution is 2.28. The van der Waals surface area contributed by atoms with Crippen molar-refractivity contribution in [3.63, 3.8) is 0 Å². The Morgan fingerprint density at radius 1 is 1.19 bits per heavy atom. The van der Waals surface area contributed by atoms with E-state index in [1.165, 1.54) is 22.9 Å². The van der Waals surface area contributed by atoms with Gasteiger partial charge in [-0.05, 0) is 18.2 Å². The maximum atomic E-state index is 13.2. The maximum absolute atomic E-state index is 13.2. The van der Waals surface area contributed by atoms with Crippen molar-refractivity contribution < 1.29 is 14.0 Å². The van der Waals surface area contributed by atoms with Crippen molar-refractivity contribution in [2.24, 2.45) is 0 Å². The fourth-order valence-electron chi connectivity index (χ4n) is 2.77. The first-order valence-electron chi connectivity index (χ1n) is 7.98. The minimum absolute atomic E-state index is 0.132. The maximum Gasteiger partial charge on any atom is 0.252 e. The van der Waals surface area contributed by atoms with Crippen LogP contribution in [0.15, 0.2) is 54.6 Å². The summed E-state index contributed by atoms with van der Waals surface area (Å²) >= 11 is 0. The van der Waals surface area contributed by atoms with Crippen LogP contribution in [0.1, 0.15) is 12.5 Å². The molecule has 7 nitrogen and oxygen atoms in total. The molecule has 0 saturated heterocycles. The van der Waals surface area contributed by atoms with Gasteiger partial charge < -0.3 is 5.32 Å². The molecule has 2 amide bonds. The van der Waals surface area contributed by atoms with Crippen LogP contribution in [-0.2, 0) is 9.59 Å². The van der Waals surface area contributed by atoms with Gasteiger partial charge in [0.05, 0.1) is 6.42 Å². The average Bonchev–Trinajstić information content (AvgIpc) is 3.15. The molecule has 2 aromatic carbocycles. The van der Waals surface area contributed by atoms with Gasteiger partial charge in [0.25, 0.3) is 5.91 Å². The molecule has 0 spiro atoms. The molecule has 2 N–H and O–H groups in total. The second-order valence-corrected chi connectivity index (χ2v) is 5.84. The molecule has 1 atom stereocenters. The number of halogens is 1. The van der Waals surface area contributed by atoms with Gasteiger partial charge in [0.2, 0.25) is 11.9 Å². The van der Waals surface area contributed by atoms with Crippen molar-refractivity contribution in [1.82, 2.24) is 14.8 Å². The van der Waals surface area contributed by atoms with Crippen LogP contribution in [0.5, 0.6) is 0 Å². The quantitative estimate of drug-likeness (QED) is 0.756. The van der Waals surface area contributed by atoms with Gasteiger partial charge in [-0.15, -0.1) is 5.10 Å². The number of aromatic nitrogens is 3. The average molecular weight is 351 g/mol.